The molecule has 0 radical (unpaired) electrons. The van der Waals surface area contributed by atoms with Gasteiger partial charge >= 0.3 is 0 Å². The lowest BCUT2D eigenvalue weighted by atomic mass is 10.1. The molecule has 1 aliphatic rings. The Morgan fingerprint density at radius 1 is 1.36 bits per heavy atom. The predicted octanol–water partition coefficient (Wildman–Crippen LogP) is 3.89. The zero-order valence-corrected chi connectivity index (χ0v) is 14.4. The Hall–Kier alpha value is -2.79. The average Bonchev–Trinajstić information content (AvgIpc) is 2.59. The van der Waals surface area contributed by atoms with Crippen molar-refractivity contribution >= 4 is 34.8 Å². The number of hydrogen-bond acceptors (Lipinski definition) is 3. The van der Waals surface area contributed by atoms with Crippen molar-refractivity contribution < 1.29 is 14.3 Å². The normalized spacial score (nSPS) is 16.0. The SMILES string of the molecule is C=CCN1C(=O)C(C)Oc2cc(NC(=O)c3ccccc3Cl)ccc21. The molecular formula is C19H17ClN2O3. The Bertz CT molecular complexity index is 850. The number of rotatable bonds is 4. The first kappa shape index (κ1) is 17.0. The standard InChI is InChI=1S/C19H17ClN2O3/c1-3-10-22-16-9-8-13(11-17(16)25-12(2)19(22)24)21-18(23)14-6-4-5-7-15(14)20/h3-9,11-12H,1,10H2,2H3,(H,21,23). The van der Waals surface area contributed by atoms with Crippen molar-refractivity contribution in [1.29, 1.82) is 0 Å². The van der Waals surface area contributed by atoms with Crippen molar-refractivity contribution in [2.45, 2.75) is 13.0 Å². The van der Waals surface area contributed by atoms with Crippen molar-refractivity contribution in [1.82, 2.24) is 0 Å². The summed E-state index contributed by atoms with van der Waals surface area (Å²) in [5.74, 6) is 0.0968. The van der Waals surface area contributed by atoms with Gasteiger partial charge in [-0.15, -0.1) is 6.58 Å². The second-order valence-electron chi connectivity index (χ2n) is 5.61. The van der Waals surface area contributed by atoms with Gasteiger partial charge in [-0.2, -0.15) is 0 Å². The number of nitrogens with one attached hydrogen (secondary N) is 1. The topological polar surface area (TPSA) is 58.6 Å². The van der Waals surface area contributed by atoms with Gasteiger partial charge in [0, 0.05) is 18.3 Å². The highest BCUT2D eigenvalue weighted by molar-refractivity contribution is 6.34. The molecular weight excluding hydrogens is 340 g/mol. The first-order valence-electron chi connectivity index (χ1n) is 7.80. The quantitative estimate of drug-likeness (QED) is 0.845. The number of carbonyl (C=O) groups is 2. The Morgan fingerprint density at radius 2 is 2.12 bits per heavy atom. The zero-order chi connectivity index (χ0) is 18.0. The molecule has 1 atom stereocenters. The lowest BCUT2D eigenvalue weighted by molar-refractivity contribution is -0.125. The van der Waals surface area contributed by atoms with Gasteiger partial charge in [0.15, 0.2) is 6.10 Å². The third kappa shape index (κ3) is 3.37. The summed E-state index contributed by atoms with van der Waals surface area (Å²) in [5, 5.41) is 3.18. The molecule has 1 unspecified atom stereocenters. The molecule has 0 aromatic heterocycles. The van der Waals surface area contributed by atoms with Crippen LogP contribution in [0.4, 0.5) is 11.4 Å². The second kappa shape index (κ2) is 6.99. The minimum absolute atomic E-state index is 0.125. The van der Waals surface area contributed by atoms with Crippen molar-refractivity contribution in [3.8, 4) is 5.75 Å². The summed E-state index contributed by atoms with van der Waals surface area (Å²) >= 11 is 6.05. The number of nitrogens with zero attached hydrogens (tertiary/aromatic N) is 1. The third-order valence-electron chi connectivity index (χ3n) is 3.86. The van der Waals surface area contributed by atoms with Crippen LogP contribution in [0.25, 0.3) is 0 Å². The number of amides is 2. The summed E-state index contributed by atoms with van der Waals surface area (Å²) in [4.78, 5) is 26.2. The van der Waals surface area contributed by atoms with E-state index in [1.807, 2.05) is 0 Å². The van der Waals surface area contributed by atoms with E-state index >= 15 is 0 Å². The van der Waals surface area contributed by atoms with Gasteiger partial charge < -0.3 is 15.0 Å². The zero-order valence-electron chi connectivity index (χ0n) is 13.7. The fourth-order valence-corrected chi connectivity index (χ4v) is 2.87. The van der Waals surface area contributed by atoms with E-state index in [0.717, 1.165) is 0 Å². The van der Waals surface area contributed by atoms with Gasteiger partial charge in [0.1, 0.15) is 5.75 Å². The van der Waals surface area contributed by atoms with Gasteiger partial charge in [-0.25, -0.2) is 0 Å². The van der Waals surface area contributed by atoms with Gasteiger partial charge in [0.25, 0.3) is 11.8 Å². The average molecular weight is 357 g/mol. The summed E-state index contributed by atoms with van der Waals surface area (Å²) in [7, 11) is 0. The van der Waals surface area contributed by atoms with Crippen LogP contribution in [-0.4, -0.2) is 24.5 Å². The van der Waals surface area contributed by atoms with Gasteiger partial charge in [-0.05, 0) is 31.2 Å². The molecule has 3 rings (SSSR count). The molecule has 128 valence electrons. The minimum atomic E-state index is -0.595. The van der Waals surface area contributed by atoms with E-state index in [9.17, 15) is 9.59 Å². The van der Waals surface area contributed by atoms with Crippen LogP contribution in [0.2, 0.25) is 5.02 Å². The van der Waals surface area contributed by atoms with Crippen LogP contribution in [0, 0.1) is 0 Å². The monoisotopic (exact) mass is 356 g/mol. The fourth-order valence-electron chi connectivity index (χ4n) is 2.65. The van der Waals surface area contributed by atoms with Gasteiger partial charge in [0.2, 0.25) is 0 Å². The highest BCUT2D eigenvalue weighted by atomic mass is 35.5. The van der Waals surface area contributed by atoms with E-state index in [2.05, 4.69) is 11.9 Å². The highest BCUT2D eigenvalue weighted by Crippen LogP contribution is 2.36. The molecule has 0 bridgehead atoms. The Labute approximate surface area is 150 Å². The molecule has 1 heterocycles. The molecule has 2 amide bonds. The van der Waals surface area contributed by atoms with Crippen molar-refractivity contribution in [3.05, 3.63) is 65.7 Å². The van der Waals surface area contributed by atoms with Crippen LogP contribution in [0.5, 0.6) is 5.75 Å². The molecule has 2 aromatic carbocycles. The maximum Gasteiger partial charge on any atom is 0.268 e. The molecule has 1 aliphatic heterocycles. The van der Waals surface area contributed by atoms with E-state index in [1.165, 1.54) is 0 Å². The van der Waals surface area contributed by atoms with Crippen molar-refractivity contribution in [3.63, 3.8) is 0 Å². The second-order valence-corrected chi connectivity index (χ2v) is 6.02. The number of anilines is 2. The van der Waals surface area contributed by atoms with E-state index < -0.39 is 6.10 Å². The Balaban J connectivity index is 1.87. The van der Waals surface area contributed by atoms with Crippen LogP contribution in [0.1, 0.15) is 17.3 Å². The maximum atomic E-state index is 12.4. The minimum Gasteiger partial charge on any atom is -0.479 e. The van der Waals surface area contributed by atoms with Crippen LogP contribution in [0.15, 0.2) is 55.1 Å². The molecule has 0 saturated heterocycles. The largest absolute Gasteiger partial charge is 0.479 e. The maximum absolute atomic E-state index is 12.4. The van der Waals surface area contributed by atoms with Gasteiger partial charge in [-0.1, -0.05) is 29.8 Å². The van der Waals surface area contributed by atoms with Gasteiger partial charge in [0.05, 0.1) is 16.3 Å². The first-order valence-corrected chi connectivity index (χ1v) is 8.18. The lowest BCUT2D eigenvalue weighted by Gasteiger charge is -2.32. The Morgan fingerprint density at radius 3 is 2.84 bits per heavy atom. The summed E-state index contributed by atoms with van der Waals surface area (Å²) in [5.41, 5.74) is 1.60. The molecule has 1 N–H and O–H groups in total. The number of carbonyl (C=O) groups excluding carboxylic acids is 2. The smallest absolute Gasteiger partial charge is 0.268 e. The van der Waals surface area contributed by atoms with E-state index in [4.69, 9.17) is 16.3 Å². The van der Waals surface area contributed by atoms with Crippen molar-refractivity contribution in [2.75, 3.05) is 16.8 Å². The number of hydrogen-bond donors (Lipinski definition) is 1. The van der Waals surface area contributed by atoms with Crippen LogP contribution < -0.4 is 15.0 Å². The molecule has 0 saturated carbocycles. The fraction of sp³-hybridized carbons (Fsp3) is 0.158. The predicted molar refractivity (Wildman–Crippen MR) is 98.5 cm³/mol. The van der Waals surface area contributed by atoms with Crippen molar-refractivity contribution in [2.24, 2.45) is 0 Å². The number of halogens is 1. The number of fused-ring (bicyclic) bond motifs is 1. The Kier molecular flexibility index (Phi) is 4.76. The summed E-state index contributed by atoms with van der Waals surface area (Å²) in [6.45, 7) is 5.77. The number of ether oxygens (including phenoxy) is 1. The van der Waals surface area contributed by atoms with Crippen LogP contribution in [-0.2, 0) is 4.79 Å². The molecule has 6 heteroatoms. The first-order chi connectivity index (χ1) is 12.0. The molecule has 0 aliphatic carbocycles. The molecule has 5 nitrogen and oxygen atoms in total. The van der Waals surface area contributed by atoms with Gasteiger partial charge in [-0.3, -0.25) is 9.59 Å². The molecule has 25 heavy (non-hydrogen) atoms. The molecule has 0 spiro atoms. The molecule has 2 aromatic rings. The lowest BCUT2D eigenvalue weighted by Crippen LogP contribution is -2.44. The van der Waals surface area contributed by atoms with Crippen LogP contribution in [0.3, 0.4) is 0 Å². The van der Waals surface area contributed by atoms with E-state index in [0.29, 0.717) is 34.3 Å². The summed E-state index contributed by atoms with van der Waals surface area (Å²) in [6, 6.07) is 12.0. The third-order valence-corrected chi connectivity index (χ3v) is 4.19. The van der Waals surface area contributed by atoms with E-state index in [1.54, 1.807) is 60.4 Å². The molecule has 0 fully saturated rings. The van der Waals surface area contributed by atoms with E-state index in [-0.39, 0.29) is 11.8 Å². The van der Waals surface area contributed by atoms with Crippen LogP contribution >= 0.6 is 11.6 Å². The summed E-state index contributed by atoms with van der Waals surface area (Å²) < 4.78 is 5.67. The number of benzene rings is 2. The summed E-state index contributed by atoms with van der Waals surface area (Å²) in [6.07, 6.45) is 1.06. The highest BCUT2D eigenvalue weighted by Gasteiger charge is 2.30.